The highest BCUT2D eigenvalue weighted by molar-refractivity contribution is 7.92. The second-order valence-electron chi connectivity index (χ2n) is 7.41. The van der Waals surface area contributed by atoms with Crippen LogP contribution in [-0.4, -0.2) is 40.7 Å². The third-order valence-electron chi connectivity index (χ3n) is 4.90. The number of fused-ring (bicyclic) bond motifs is 1. The van der Waals surface area contributed by atoms with Crippen molar-refractivity contribution < 1.29 is 27.4 Å². The van der Waals surface area contributed by atoms with Crippen LogP contribution in [0, 0.1) is 6.92 Å². The zero-order valence-corrected chi connectivity index (χ0v) is 18.9. The van der Waals surface area contributed by atoms with E-state index in [-0.39, 0.29) is 10.8 Å². The number of carbonyl (C=O) groups is 1. The van der Waals surface area contributed by atoms with E-state index in [1.807, 2.05) is 31.2 Å². The number of nitrogens with one attached hydrogen (secondary N) is 2. The maximum atomic E-state index is 12.7. The minimum absolute atomic E-state index is 0.0575. The van der Waals surface area contributed by atoms with Gasteiger partial charge >= 0.3 is 0 Å². The molecule has 0 saturated carbocycles. The molecule has 1 aliphatic rings. The second kappa shape index (κ2) is 9.83. The number of hydrogen-bond donors (Lipinski definition) is 2. The lowest BCUT2D eigenvalue weighted by atomic mass is 10.2. The zero-order chi connectivity index (χ0) is 23.3. The molecule has 0 saturated heterocycles. The van der Waals surface area contributed by atoms with Crippen LogP contribution in [0.25, 0.3) is 0 Å². The molecule has 0 aliphatic carbocycles. The minimum Gasteiger partial charge on any atom is -0.492 e. The molecule has 0 aromatic heterocycles. The molecule has 1 amide bonds. The number of hydrogen-bond acceptors (Lipinski definition) is 6. The third-order valence-corrected chi connectivity index (χ3v) is 6.28. The standard InChI is InChI=1S/C24H24N2O6S/c1-17-2-8-20(9-3-17)30-13-12-25-24(27)18-4-6-19(7-5-18)26-33(28,29)21-10-11-22-23(16-21)32-15-14-31-22/h2-11,16,26H,12-15H2,1H3,(H,25,27). The van der Waals surface area contributed by atoms with Crippen LogP contribution in [0.4, 0.5) is 5.69 Å². The number of carbonyl (C=O) groups excluding carboxylic acids is 1. The number of ether oxygens (including phenoxy) is 3. The summed E-state index contributed by atoms with van der Waals surface area (Å²) < 4.78 is 44.4. The molecule has 0 fully saturated rings. The first kappa shape index (κ1) is 22.5. The van der Waals surface area contributed by atoms with Gasteiger partial charge in [-0.2, -0.15) is 0 Å². The van der Waals surface area contributed by atoms with Crippen molar-refractivity contribution in [2.24, 2.45) is 0 Å². The Kier molecular flexibility index (Phi) is 6.69. The Morgan fingerprint density at radius 2 is 1.64 bits per heavy atom. The van der Waals surface area contributed by atoms with Crippen LogP contribution in [0.1, 0.15) is 15.9 Å². The summed E-state index contributed by atoms with van der Waals surface area (Å²) in [6.07, 6.45) is 0. The summed E-state index contributed by atoms with van der Waals surface area (Å²) in [7, 11) is -3.83. The van der Waals surface area contributed by atoms with Crippen molar-refractivity contribution in [3.8, 4) is 17.2 Å². The van der Waals surface area contributed by atoms with E-state index in [0.29, 0.717) is 49.1 Å². The molecule has 9 heteroatoms. The third kappa shape index (κ3) is 5.75. The molecular formula is C24H24N2O6S. The maximum Gasteiger partial charge on any atom is 0.262 e. The second-order valence-corrected chi connectivity index (χ2v) is 9.09. The fourth-order valence-corrected chi connectivity index (χ4v) is 4.24. The molecule has 0 atom stereocenters. The van der Waals surface area contributed by atoms with Gasteiger partial charge in [0.05, 0.1) is 11.4 Å². The predicted molar refractivity (Wildman–Crippen MR) is 124 cm³/mol. The van der Waals surface area contributed by atoms with Gasteiger partial charge in [0.25, 0.3) is 15.9 Å². The fourth-order valence-electron chi connectivity index (χ4n) is 3.16. The first-order valence-corrected chi connectivity index (χ1v) is 11.9. The van der Waals surface area contributed by atoms with E-state index in [1.54, 1.807) is 18.2 Å². The van der Waals surface area contributed by atoms with Crippen LogP contribution in [0.2, 0.25) is 0 Å². The monoisotopic (exact) mass is 468 g/mol. The number of benzene rings is 3. The first-order valence-electron chi connectivity index (χ1n) is 10.4. The Bertz CT molecular complexity index is 1220. The average molecular weight is 469 g/mol. The van der Waals surface area contributed by atoms with Gasteiger partial charge in [-0.1, -0.05) is 17.7 Å². The number of anilines is 1. The first-order chi connectivity index (χ1) is 15.9. The summed E-state index contributed by atoms with van der Waals surface area (Å²) in [5, 5.41) is 2.77. The quantitative estimate of drug-likeness (QED) is 0.492. The van der Waals surface area contributed by atoms with Crippen LogP contribution in [0.15, 0.2) is 71.6 Å². The van der Waals surface area contributed by atoms with Gasteiger partial charge in [0.1, 0.15) is 25.6 Å². The summed E-state index contributed by atoms with van der Waals surface area (Å²) in [5.41, 5.74) is 1.89. The van der Waals surface area contributed by atoms with E-state index in [1.165, 1.54) is 24.3 Å². The Hall–Kier alpha value is -3.72. The molecule has 0 radical (unpaired) electrons. The predicted octanol–water partition coefficient (Wildman–Crippen LogP) is 3.38. The molecule has 2 N–H and O–H groups in total. The van der Waals surface area contributed by atoms with E-state index in [4.69, 9.17) is 14.2 Å². The van der Waals surface area contributed by atoms with Crippen molar-refractivity contribution in [3.63, 3.8) is 0 Å². The highest BCUT2D eigenvalue weighted by Gasteiger charge is 2.19. The lowest BCUT2D eigenvalue weighted by molar-refractivity contribution is 0.0947. The van der Waals surface area contributed by atoms with E-state index >= 15 is 0 Å². The lowest BCUT2D eigenvalue weighted by Gasteiger charge is -2.19. The number of rotatable bonds is 8. The molecule has 1 aliphatic heterocycles. The van der Waals surface area contributed by atoms with E-state index < -0.39 is 10.0 Å². The maximum absolute atomic E-state index is 12.7. The van der Waals surface area contributed by atoms with Crippen molar-refractivity contribution in [1.29, 1.82) is 0 Å². The highest BCUT2D eigenvalue weighted by atomic mass is 32.2. The number of amides is 1. The number of sulfonamides is 1. The normalized spacial score (nSPS) is 12.6. The average Bonchev–Trinajstić information content (AvgIpc) is 2.83. The van der Waals surface area contributed by atoms with E-state index in [0.717, 1.165) is 11.3 Å². The molecule has 0 bridgehead atoms. The molecule has 172 valence electrons. The van der Waals surface area contributed by atoms with Crippen LogP contribution < -0.4 is 24.2 Å². The number of aryl methyl sites for hydroxylation is 1. The van der Waals surface area contributed by atoms with Gasteiger partial charge < -0.3 is 19.5 Å². The van der Waals surface area contributed by atoms with E-state index in [2.05, 4.69) is 10.0 Å². The Balaban J connectivity index is 1.31. The summed E-state index contributed by atoms with van der Waals surface area (Å²) >= 11 is 0. The molecule has 4 rings (SSSR count). The molecule has 3 aromatic carbocycles. The summed E-state index contributed by atoms with van der Waals surface area (Å²) in [4.78, 5) is 12.4. The smallest absolute Gasteiger partial charge is 0.262 e. The van der Waals surface area contributed by atoms with Crippen LogP contribution in [0.3, 0.4) is 0 Å². The van der Waals surface area contributed by atoms with Gasteiger partial charge in [-0.25, -0.2) is 8.42 Å². The molecule has 33 heavy (non-hydrogen) atoms. The SMILES string of the molecule is Cc1ccc(OCCNC(=O)c2ccc(NS(=O)(=O)c3ccc4c(c3)OCCO4)cc2)cc1. The topological polar surface area (TPSA) is 103 Å². The molecule has 0 unspecified atom stereocenters. The van der Waals surface area contributed by atoms with Crippen molar-refractivity contribution >= 4 is 21.6 Å². The summed E-state index contributed by atoms with van der Waals surface area (Å²) in [6.45, 7) is 3.47. The van der Waals surface area contributed by atoms with Crippen molar-refractivity contribution in [2.75, 3.05) is 31.1 Å². The highest BCUT2D eigenvalue weighted by Crippen LogP contribution is 2.32. The van der Waals surface area contributed by atoms with Gasteiger partial charge in [-0.15, -0.1) is 0 Å². The van der Waals surface area contributed by atoms with Gasteiger partial charge in [0.2, 0.25) is 0 Å². The molecule has 3 aromatic rings. The van der Waals surface area contributed by atoms with Crippen molar-refractivity contribution in [1.82, 2.24) is 5.32 Å². The molecular weight excluding hydrogens is 444 g/mol. The summed E-state index contributed by atoms with van der Waals surface area (Å²) in [5.74, 6) is 1.37. The van der Waals surface area contributed by atoms with Crippen molar-refractivity contribution in [3.05, 3.63) is 77.9 Å². The van der Waals surface area contributed by atoms with Gasteiger partial charge in [-0.05, 0) is 55.5 Å². The molecule has 0 spiro atoms. The van der Waals surface area contributed by atoms with Crippen molar-refractivity contribution in [2.45, 2.75) is 11.8 Å². The summed E-state index contributed by atoms with van der Waals surface area (Å²) in [6, 6.07) is 18.3. The van der Waals surface area contributed by atoms with Crippen LogP contribution >= 0.6 is 0 Å². The minimum atomic E-state index is -3.83. The van der Waals surface area contributed by atoms with Crippen LogP contribution in [-0.2, 0) is 10.0 Å². The fraction of sp³-hybridized carbons (Fsp3) is 0.208. The largest absolute Gasteiger partial charge is 0.492 e. The lowest BCUT2D eigenvalue weighted by Crippen LogP contribution is -2.28. The van der Waals surface area contributed by atoms with E-state index in [9.17, 15) is 13.2 Å². The van der Waals surface area contributed by atoms with Gasteiger partial charge in [-0.3, -0.25) is 9.52 Å². The molecule has 1 heterocycles. The Labute approximate surface area is 192 Å². The van der Waals surface area contributed by atoms with Gasteiger partial charge in [0, 0.05) is 17.3 Å². The van der Waals surface area contributed by atoms with Gasteiger partial charge in [0.15, 0.2) is 11.5 Å². The van der Waals surface area contributed by atoms with Crippen LogP contribution in [0.5, 0.6) is 17.2 Å². The Morgan fingerprint density at radius 3 is 2.36 bits per heavy atom. The zero-order valence-electron chi connectivity index (χ0n) is 18.0. The Morgan fingerprint density at radius 1 is 0.939 bits per heavy atom. The molecule has 8 nitrogen and oxygen atoms in total.